The molecule has 1 fully saturated rings. The maximum Gasteiger partial charge on any atom is 0.223 e. The average Bonchev–Trinajstić information content (AvgIpc) is 2.94. The molecule has 0 spiro atoms. The molecule has 2 aromatic heterocycles. The number of nitriles is 1. The Hall–Kier alpha value is -2.66. The molecule has 0 bridgehead atoms. The van der Waals surface area contributed by atoms with E-state index in [2.05, 4.69) is 31.8 Å². The fraction of sp³-hybridized carbons (Fsp3) is 0.500. The van der Waals surface area contributed by atoms with Gasteiger partial charge in [-0.15, -0.1) is 0 Å². The Morgan fingerprint density at radius 1 is 1.33 bits per heavy atom. The Morgan fingerprint density at radius 2 is 2.08 bits per heavy atom. The molecule has 1 aliphatic rings. The second-order valence-corrected chi connectivity index (χ2v) is 6.06. The van der Waals surface area contributed by atoms with E-state index in [4.69, 9.17) is 11.0 Å². The molecule has 126 valence electrons. The molecule has 0 aromatic carbocycles. The summed E-state index contributed by atoms with van der Waals surface area (Å²) in [5.41, 5.74) is 7.59. The molecule has 0 saturated heterocycles. The summed E-state index contributed by atoms with van der Waals surface area (Å²) in [7, 11) is 1.80. The van der Waals surface area contributed by atoms with Crippen molar-refractivity contribution in [2.75, 3.05) is 17.6 Å². The molecule has 8 heteroatoms. The van der Waals surface area contributed by atoms with E-state index in [-0.39, 0.29) is 0 Å². The van der Waals surface area contributed by atoms with Crippen molar-refractivity contribution >= 4 is 11.8 Å². The third kappa shape index (κ3) is 3.63. The minimum atomic E-state index is 0.353. The minimum absolute atomic E-state index is 0.353. The van der Waals surface area contributed by atoms with Gasteiger partial charge in [0.1, 0.15) is 5.82 Å². The van der Waals surface area contributed by atoms with Crippen molar-refractivity contribution in [2.24, 2.45) is 7.05 Å². The molecule has 2 aromatic rings. The highest BCUT2D eigenvalue weighted by molar-refractivity contribution is 5.70. The number of nitrogens with one attached hydrogen (secondary N) is 2. The van der Waals surface area contributed by atoms with Gasteiger partial charge in [-0.1, -0.05) is 0 Å². The molecule has 0 atom stereocenters. The van der Waals surface area contributed by atoms with Crippen LogP contribution in [0.5, 0.6) is 0 Å². The third-order valence-corrected chi connectivity index (χ3v) is 4.45. The molecular formula is C16H22N8. The molecular weight excluding hydrogens is 304 g/mol. The first-order valence-electron chi connectivity index (χ1n) is 8.15. The molecule has 0 amide bonds. The number of hydrogen-bond acceptors (Lipinski definition) is 7. The lowest BCUT2D eigenvalue weighted by Gasteiger charge is -2.29. The van der Waals surface area contributed by atoms with E-state index in [1.807, 2.05) is 6.07 Å². The first-order chi connectivity index (χ1) is 11.7. The van der Waals surface area contributed by atoms with Crippen LogP contribution in [-0.4, -0.2) is 38.4 Å². The van der Waals surface area contributed by atoms with E-state index >= 15 is 0 Å². The second-order valence-electron chi connectivity index (χ2n) is 6.06. The van der Waals surface area contributed by atoms with Gasteiger partial charge in [0.25, 0.3) is 0 Å². The maximum atomic E-state index is 8.63. The summed E-state index contributed by atoms with van der Waals surface area (Å²) in [6.45, 7) is 0.417. The van der Waals surface area contributed by atoms with Crippen molar-refractivity contribution in [3.63, 3.8) is 0 Å². The summed E-state index contributed by atoms with van der Waals surface area (Å²) in [5, 5.41) is 19.4. The SMILES string of the molecule is Cn1ncc(-c2ccnc(NC3CCC(NCC#N)CC3)n2)c1N. The lowest BCUT2D eigenvalue weighted by atomic mass is 9.91. The van der Waals surface area contributed by atoms with E-state index in [1.54, 1.807) is 24.1 Å². The molecule has 0 unspecified atom stereocenters. The molecule has 1 saturated carbocycles. The molecule has 0 aliphatic heterocycles. The fourth-order valence-electron chi connectivity index (χ4n) is 3.04. The minimum Gasteiger partial charge on any atom is -0.383 e. The highest BCUT2D eigenvalue weighted by Crippen LogP contribution is 2.25. The predicted molar refractivity (Wildman–Crippen MR) is 91.9 cm³/mol. The Bertz CT molecular complexity index is 724. The van der Waals surface area contributed by atoms with Crippen molar-refractivity contribution in [1.82, 2.24) is 25.1 Å². The van der Waals surface area contributed by atoms with Gasteiger partial charge in [-0.3, -0.25) is 4.68 Å². The molecule has 1 aliphatic carbocycles. The first kappa shape index (κ1) is 16.2. The van der Waals surface area contributed by atoms with Crippen LogP contribution >= 0.6 is 0 Å². The molecule has 4 N–H and O–H groups in total. The van der Waals surface area contributed by atoms with E-state index in [1.165, 1.54) is 0 Å². The van der Waals surface area contributed by atoms with Crippen molar-refractivity contribution in [3.8, 4) is 17.3 Å². The van der Waals surface area contributed by atoms with Gasteiger partial charge in [0.05, 0.1) is 30.1 Å². The predicted octanol–water partition coefficient (Wildman–Crippen LogP) is 1.30. The standard InChI is InChI=1S/C16H22N8/c1-24-15(18)13(10-21-24)14-6-8-20-16(23-14)22-12-4-2-11(3-5-12)19-9-7-17/h6,8,10-12,19H,2-5,9,18H2,1H3,(H,20,22,23). The molecule has 24 heavy (non-hydrogen) atoms. The molecule has 0 radical (unpaired) electrons. The van der Waals surface area contributed by atoms with Crippen LogP contribution in [0.25, 0.3) is 11.3 Å². The van der Waals surface area contributed by atoms with Gasteiger partial charge in [0.15, 0.2) is 0 Å². The lowest BCUT2D eigenvalue weighted by Crippen LogP contribution is -2.37. The van der Waals surface area contributed by atoms with Crippen LogP contribution in [-0.2, 0) is 7.05 Å². The number of nitrogens with zero attached hydrogens (tertiary/aromatic N) is 5. The number of anilines is 2. The highest BCUT2D eigenvalue weighted by Gasteiger charge is 2.21. The first-order valence-corrected chi connectivity index (χ1v) is 8.15. The van der Waals surface area contributed by atoms with Gasteiger partial charge in [-0.2, -0.15) is 10.4 Å². The van der Waals surface area contributed by atoms with E-state index in [0.29, 0.717) is 30.4 Å². The second kappa shape index (κ2) is 7.27. The van der Waals surface area contributed by atoms with Crippen molar-refractivity contribution in [3.05, 3.63) is 18.5 Å². The number of rotatable bonds is 5. The summed E-state index contributed by atoms with van der Waals surface area (Å²) in [6.07, 6.45) is 7.62. The van der Waals surface area contributed by atoms with Crippen LogP contribution in [0.3, 0.4) is 0 Å². The van der Waals surface area contributed by atoms with Gasteiger partial charge in [-0.05, 0) is 31.7 Å². The van der Waals surface area contributed by atoms with Crippen LogP contribution in [0.2, 0.25) is 0 Å². The van der Waals surface area contributed by atoms with E-state index in [0.717, 1.165) is 36.9 Å². The topological polar surface area (TPSA) is 117 Å². The van der Waals surface area contributed by atoms with Gasteiger partial charge in [-0.25, -0.2) is 9.97 Å². The normalized spacial score (nSPS) is 20.5. The van der Waals surface area contributed by atoms with E-state index < -0.39 is 0 Å². The van der Waals surface area contributed by atoms with Gasteiger partial charge in [0.2, 0.25) is 5.95 Å². The third-order valence-electron chi connectivity index (χ3n) is 4.45. The van der Waals surface area contributed by atoms with Gasteiger partial charge < -0.3 is 16.4 Å². The van der Waals surface area contributed by atoms with Crippen molar-refractivity contribution in [1.29, 1.82) is 5.26 Å². The zero-order valence-corrected chi connectivity index (χ0v) is 13.7. The van der Waals surface area contributed by atoms with Gasteiger partial charge >= 0.3 is 0 Å². The summed E-state index contributed by atoms with van der Waals surface area (Å²) < 4.78 is 1.63. The number of aryl methyl sites for hydroxylation is 1. The summed E-state index contributed by atoms with van der Waals surface area (Å²) in [5.74, 6) is 1.20. The summed E-state index contributed by atoms with van der Waals surface area (Å²) in [6, 6.07) is 4.75. The van der Waals surface area contributed by atoms with Crippen LogP contribution < -0.4 is 16.4 Å². The van der Waals surface area contributed by atoms with Crippen LogP contribution in [0.4, 0.5) is 11.8 Å². The number of aromatic nitrogens is 4. The quantitative estimate of drug-likeness (QED) is 0.709. The van der Waals surface area contributed by atoms with Crippen molar-refractivity contribution in [2.45, 2.75) is 37.8 Å². The number of nitrogen functional groups attached to an aromatic ring is 1. The number of hydrogen-bond donors (Lipinski definition) is 3. The van der Waals surface area contributed by atoms with Crippen molar-refractivity contribution < 1.29 is 0 Å². The summed E-state index contributed by atoms with van der Waals surface area (Å²) in [4.78, 5) is 8.88. The van der Waals surface area contributed by atoms with Gasteiger partial charge in [0, 0.05) is 25.3 Å². The lowest BCUT2D eigenvalue weighted by molar-refractivity contribution is 0.363. The van der Waals surface area contributed by atoms with Crippen LogP contribution in [0.1, 0.15) is 25.7 Å². The Morgan fingerprint density at radius 3 is 2.75 bits per heavy atom. The highest BCUT2D eigenvalue weighted by atomic mass is 15.3. The zero-order chi connectivity index (χ0) is 16.9. The average molecular weight is 326 g/mol. The monoisotopic (exact) mass is 326 g/mol. The van der Waals surface area contributed by atoms with Crippen LogP contribution in [0.15, 0.2) is 18.5 Å². The van der Waals surface area contributed by atoms with E-state index in [9.17, 15) is 0 Å². The Labute approximate surface area is 141 Å². The Kier molecular flexibility index (Phi) is 4.91. The zero-order valence-electron chi connectivity index (χ0n) is 13.7. The summed E-state index contributed by atoms with van der Waals surface area (Å²) >= 11 is 0. The number of nitrogens with two attached hydrogens (primary N) is 1. The smallest absolute Gasteiger partial charge is 0.223 e. The maximum absolute atomic E-state index is 8.63. The molecule has 2 heterocycles. The molecule has 3 rings (SSSR count). The Balaban J connectivity index is 1.62. The van der Waals surface area contributed by atoms with Crippen LogP contribution in [0, 0.1) is 11.3 Å². The molecule has 8 nitrogen and oxygen atoms in total. The fourth-order valence-corrected chi connectivity index (χ4v) is 3.04. The largest absolute Gasteiger partial charge is 0.383 e.